The molecule has 0 fully saturated rings. The summed E-state index contributed by atoms with van der Waals surface area (Å²) in [6, 6.07) is 17.0. The fourth-order valence-electron chi connectivity index (χ4n) is 2.64. The molecule has 0 unspecified atom stereocenters. The van der Waals surface area contributed by atoms with Crippen molar-refractivity contribution in [1.29, 1.82) is 0 Å². The number of aromatic nitrogens is 3. The van der Waals surface area contributed by atoms with Gasteiger partial charge in [0.2, 0.25) is 5.69 Å². The van der Waals surface area contributed by atoms with E-state index in [1.807, 2.05) is 42.2 Å². The van der Waals surface area contributed by atoms with Crippen molar-refractivity contribution in [3.8, 4) is 11.4 Å². The quantitative estimate of drug-likeness (QED) is 0.704. The van der Waals surface area contributed by atoms with Gasteiger partial charge in [-0.25, -0.2) is 4.79 Å². The summed E-state index contributed by atoms with van der Waals surface area (Å²) >= 11 is 0. The smallest absolute Gasteiger partial charge is 0.360 e. The average Bonchev–Trinajstić information content (AvgIpc) is 3.12. The van der Waals surface area contributed by atoms with E-state index in [-0.39, 0.29) is 5.69 Å². The lowest BCUT2D eigenvalue weighted by Crippen LogP contribution is -2.24. The van der Waals surface area contributed by atoms with Gasteiger partial charge in [0.05, 0.1) is 12.8 Å². The summed E-state index contributed by atoms with van der Waals surface area (Å²) < 4.78 is 5.21. The van der Waals surface area contributed by atoms with Gasteiger partial charge in [-0.2, -0.15) is 0 Å². The van der Waals surface area contributed by atoms with Crippen molar-refractivity contribution >= 4 is 11.8 Å². The van der Waals surface area contributed by atoms with Crippen LogP contribution in [0.1, 0.15) is 23.0 Å². The molecule has 134 valence electrons. The first kappa shape index (κ1) is 17.5. The van der Waals surface area contributed by atoms with Gasteiger partial charge >= 0.3 is 5.97 Å². The van der Waals surface area contributed by atoms with Crippen LogP contribution >= 0.6 is 0 Å². The van der Waals surface area contributed by atoms with Gasteiger partial charge in [-0.05, 0) is 24.6 Å². The minimum atomic E-state index is -1.11. The van der Waals surface area contributed by atoms with E-state index in [4.69, 9.17) is 4.74 Å². The Bertz CT molecular complexity index is 893. The van der Waals surface area contributed by atoms with Gasteiger partial charge in [-0.15, -0.1) is 15.0 Å². The van der Waals surface area contributed by atoms with E-state index >= 15 is 0 Å². The molecule has 0 aliphatic carbocycles. The molecule has 0 amide bonds. The number of carboxylic acid groups (broad SMARTS) is 1. The highest BCUT2D eigenvalue weighted by atomic mass is 16.5. The van der Waals surface area contributed by atoms with Gasteiger partial charge < -0.3 is 14.7 Å². The van der Waals surface area contributed by atoms with Crippen LogP contribution in [0.3, 0.4) is 0 Å². The van der Waals surface area contributed by atoms with E-state index in [1.165, 1.54) is 4.80 Å². The minimum absolute atomic E-state index is 0.0781. The van der Waals surface area contributed by atoms with E-state index in [0.29, 0.717) is 30.3 Å². The number of anilines is 1. The summed E-state index contributed by atoms with van der Waals surface area (Å²) in [6.07, 6.45) is 0. The van der Waals surface area contributed by atoms with Crippen molar-refractivity contribution in [2.24, 2.45) is 0 Å². The molecule has 0 saturated carbocycles. The molecule has 1 aromatic heterocycles. The van der Waals surface area contributed by atoms with Crippen LogP contribution in [-0.2, 0) is 6.54 Å². The summed E-state index contributed by atoms with van der Waals surface area (Å²) in [6.45, 7) is 3.11. The Morgan fingerprint density at radius 3 is 2.58 bits per heavy atom. The predicted molar refractivity (Wildman–Crippen MR) is 98.0 cm³/mol. The van der Waals surface area contributed by atoms with E-state index in [2.05, 4.69) is 10.2 Å². The fraction of sp³-hybridized carbons (Fsp3) is 0.211. The number of nitrogens with zero attached hydrogens (tertiary/aromatic N) is 4. The van der Waals surface area contributed by atoms with Crippen LogP contribution in [0.15, 0.2) is 54.6 Å². The van der Waals surface area contributed by atoms with E-state index in [1.54, 1.807) is 31.4 Å². The van der Waals surface area contributed by atoms with Crippen molar-refractivity contribution in [1.82, 2.24) is 15.0 Å². The first-order chi connectivity index (χ1) is 12.6. The van der Waals surface area contributed by atoms with Crippen LogP contribution in [0.4, 0.5) is 5.82 Å². The molecule has 0 spiro atoms. The Hall–Kier alpha value is -3.35. The summed E-state index contributed by atoms with van der Waals surface area (Å²) in [4.78, 5) is 14.9. The maximum atomic E-state index is 11.7. The van der Waals surface area contributed by atoms with Crippen molar-refractivity contribution < 1.29 is 14.6 Å². The fourth-order valence-corrected chi connectivity index (χ4v) is 2.64. The van der Waals surface area contributed by atoms with Crippen molar-refractivity contribution in [3.05, 3.63) is 65.9 Å². The maximum Gasteiger partial charge on any atom is 0.360 e. The van der Waals surface area contributed by atoms with Crippen molar-refractivity contribution in [2.45, 2.75) is 13.5 Å². The van der Waals surface area contributed by atoms with Crippen molar-refractivity contribution in [3.63, 3.8) is 0 Å². The highest BCUT2D eigenvalue weighted by molar-refractivity contribution is 5.91. The van der Waals surface area contributed by atoms with Crippen LogP contribution < -0.4 is 9.64 Å². The number of rotatable bonds is 7. The topological polar surface area (TPSA) is 80.5 Å². The molecule has 26 heavy (non-hydrogen) atoms. The Labute approximate surface area is 151 Å². The Kier molecular flexibility index (Phi) is 5.17. The lowest BCUT2D eigenvalue weighted by atomic mass is 10.2. The molecule has 0 saturated heterocycles. The van der Waals surface area contributed by atoms with Gasteiger partial charge in [0.1, 0.15) is 5.75 Å². The Morgan fingerprint density at radius 1 is 1.15 bits per heavy atom. The third kappa shape index (κ3) is 3.66. The molecule has 3 aromatic rings. The van der Waals surface area contributed by atoms with E-state index < -0.39 is 5.97 Å². The molecule has 0 aliphatic heterocycles. The van der Waals surface area contributed by atoms with Gasteiger partial charge in [0.15, 0.2) is 5.82 Å². The molecular formula is C19H20N4O3. The second-order valence-electron chi connectivity index (χ2n) is 5.67. The molecule has 7 heteroatoms. The molecule has 1 N–H and O–H groups in total. The zero-order chi connectivity index (χ0) is 18.5. The molecule has 7 nitrogen and oxygen atoms in total. The molecule has 3 rings (SSSR count). The summed E-state index contributed by atoms with van der Waals surface area (Å²) in [5.41, 5.74) is 1.63. The number of carbonyl (C=O) groups is 1. The minimum Gasteiger partial charge on any atom is -0.497 e. The Balaban J connectivity index is 1.99. The molecular weight excluding hydrogens is 332 g/mol. The highest BCUT2D eigenvalue weighted by Crippen LogP contribution is 2.22. The predicted octanol–water partition coefficient (Wildman–Crippen LogP) is 3.00. The zero-order valence-corrected chi connectivity index (χ0v) is 14.7. The third-order valence-corrected chi connectivity index (χ3v) is 3.98. The van der Waals surface area contributed by atoms with Crippen molar-refractivity contribution in [2.75, 3.05) is 18.6 Å². The number of carboxylic acids is 1. The summed E-state index contributed by atoms with van der Waals surface area (Å²) in [5, 5.41) is 18.2. The summed E-state index contributed by atoms with van der Waals surface area (Å²) in [5.74, 6) is -0.123. The highest BCUT2D eigenvalue weighted by Gasteiger charge is 2.23. The third-order valence-electron chi connectivity index (χ3n) is 3.98. The number of hydrogen-bond acceptors (Lipinski definition) is 5. The monoisotopic (exact) mass is 352 g/mol. The van der Waals surface area contributed by atoms with Crippen LogP contribution in [0.5, 0.6) is 5.75 Å². The molecule has 0 atom stereocenters. The second kappa shape index (κ2) is 7.69. The molecule has 0 aliphatic rings. The number of hydrogen-bond donors (Lipinski definition) is 1. The van der Waals surface area contributed by atoms with Crippen LogP contribution in [0, 0.1) is 0 Å². The lowest BCUT2D eigenvalue weighted by molar-refractivity contribution is 0.0690. The number of aromatic carboxylic acids is 1. The van der Waals surface area contributed by atoms with Gasteiger partial charge in [-0.3, -0.25) is 0 Å². The van der Waals surface area contributed by atoms with Crippen LogP contribution in [-0.4, -0.2) is 39.7 Å². The zero-order valence-electron chi connectivity index (χ0n) is 14.7. The second-order valence-corrected chi connectivity index (χ2v) is 5.67. The van der Waals surface area contributed by atoms with Crippen LogP contribution in [0.2, 0.25) is 0 Å². The standard InChI is InChI=1S/C19H20N4O3/c1-3-22(13-14-8-5-4-6-9-14)18-17(19(24)25)20-23(21-18)15-10-7-11-16(12-15)26-2/h4-12H,3,13H2,1-2H3,(H,24,25). The largest absolute Gasteiger partial charge is 0.497 e. The molecule has 0 radical (unpaired) electrons. The van der Waals surface area contributed by atoms with E-state index in [9.17, 15) is 9.90 Å². The first-order valence-corrected chi connectivity index (χ1v) is 8.26. The number of ether oxygens (including phenoxy) is 1. The SMILES string of the molecule is CCN(Cc1ccccc1)c1nn(-c2cccc(OC)c2)nc1C(=O)O. The van der Waals surface area contributed by atoms with Gasteiger partial charge in [0.25, 0.3) is 0 Å². The van der Waals surface area contributed by atoms with Gasteiger partial charge in [-0.1, -0.05) is 36.4 Å². The van der Waals surface area contributed by atoms with Gasteiger partial charge in [0, 0.05) is 19.2 Å². The molecule has 0 bridgehead atoms. The molecule has 1 heterocycles. The van der Waals surface area contributed by atoms with E-state index in [0.717, 1.165) is 5.56 Å². The Morgan fingerprint density at radius 2 is 1.92 bits per heavy atom. The number of benzene rings is 2. The molecule has 2 aromatic carbocycles. The average molecular weight is 352 g/mol. The van der Waals surface area contributed by atoms with Crippen LogP contribution in [0.25, 0.3) is 5.69 Å². The number of methoxy groups -OCH3 is 1. The normalized spacial score (nSPS) is 10.5. The maximum absolute atomic E-state index is 11.7. The first-order valence-electron chi connectivity index (χ1n) is 8.26. The summed E-state index contributed by atoms with van der Waals surface area (Å²) in [7, 11) is 1.57. The lowest BCUT2D eigenvalue weighted by Gasteiger charge is -2.20.